The summed E-state index contributed by atoms with van der Waals surface area (Å²) in [6.45, 7) is 6.67. The monoisotopic (exact) mass is 592 g/mol. The molecular formula is C34H44N2O7. The maximum atomic E-state index is 14.2. The molecule has 43 heavy (non-hydrogen) atoms. The van der Waals surface area contributed by atoms with Crippen molar-refractivity contribution in [3.05, 3.63) is 59.7 Å². The lowest BCUT2D eigenvalue weighted by molar-refractivity contribution is -0.154. The highest BCUT2D eigenvalue weighted by atomic mass is 16.6. The summed E-state index contributed by atoms with van der Waals surface area (Å²) in [4.78, 5) is 43.3. The van der Waals surface area contributed by atoms with Crippen LogP contribution < -0.4 is 0 Å². The number of hydrogen-bond acceptors (Lipinski definition) is 6. The first-order valence-corrected chi connectivity index (χ1v) is 15.3. The Balaban J connectivity index is 1.42. The number of fused-ring (bicyclic) bond motifs is 3. The Bertz CT molecular complexity index is 1300. The van der Waals surface area contributed by atoms with Gasteiger partial charge in [0.1, 0.15) is 17.7 Å². The number of methoxy groups -OCH3 is 1. The van der Waals surface area contributed by atoms with Crippen molar-refractivity contribution in [3.63, 3.8) is 0 Å². The summed E-state index contributed by atoms with van der Waals surface area (Å²) in [6, 6.07) is 16.2. The van der Waals surface area contributed by atoms with E-state index in [1.165, 1.54) is 4.90 Å². The Morgan fingerprint density at radius 1 is 0.930 bits per heavy atom. The summed E-state index contributed by atoms with van der Waals surface area (Å²) >= 11 is 0. The van der Waals surface area contributed by atoms with Gasteiger partial charge >= 0.3 is 18.2 Å². The number of aliphatic carboxylic acids is 1. The van der Waals surface area contributed by atoms with Crippen molar-refractivity contribution in [3.8, 4) is 11.1 Å². The van der Waals surface area contributed by atoms with Crippen molar-refractivity contribution < 1.29 is 33.7 Å². The molecule has 0 spiro atoms. The Kier molecular flexibility index (Phi) is 8.75. The van der Waals surface area contributed by atoms with Gasteiger partial charge in [-0.1, -0.05) is 55.0 Å². The number of rotatable bonds is 8. The summed E-state index contributed by atoms with van der Waals surface area (Å²) in [6.07, 6.45) is 2.25. The van der Waals surface area contributed by atoms with Crippen molar-refractivity contribution in [1.82, 2.24) is 9.80 Å². The largest absolute Gasteiger partial charge is 0.479 e. The van der Waals surface area contributed by atoms with E-state index in [9.17, 15) is 19.5 Å². The number of carbonyl (C=O) groups excluding carboxylic acids is 2. The Morgan fingerprint density at radius 2 is 1.56 bits per heavy atom. The smallest absolute Gasteiger partial charge is 0.410 e. The number of amides is 2. The van der Waals surface area contributed by atoms with Gasteiger partial charge in [0.05, 0.1) is 6.61 Å². The van der Waals surface area contributed by atoms with E-state index in [-0.39, 0.29) is 43.9 Å². The van der Waals surface area contributed by atoms with Crippen molar-refractivity contribution in [2.75, 3.05) is 40.0 Å². The maximum absolute atomic E-state index is 14.2. The lowest BCUT2D eigenvalue weighted by Crippen LogP contribution is -2.62. The molecule has 1 saturated carbocycles. The zero-order valence-corrected chi connectivity index (χ0v) is 25.8. The molecule has 9 nitrogen and oxygen atoms in total. The number of nitrogens with zero attached hydrogens (tertiary/aromatic N) is 2. The van der Waals surface area contributed by atoms with E-state index >= 15 is 0 Å². The van der Waals surface area contributed by atoms with E-state index < -0.39 is 29.3 Å². The molecule has 2 aromatic carbocycles. The standard InChI is InChI=1S/C34H44N2O7/c1-32(2,3)43-30(39)35-19-10-17-34(18-20-35,29(37)38)36(22-33(23-41-4)15-9-16-33)31(40)42-21-28-26-13-7-5-11-24(26)25-12-6-8-14-27(25)28/h5-8,11-14,28H,9-10,15-23H2,1-4H3,(H,37,38). The van der Waals surface area contributed by atoms with Gasteiger partial charge in [-0.2, -0.15) is 0 Å². The van der Waals surface area contributed by atoms with Gasteiger partial charge in [0.2, 0.25) is 0 Å². The van der Waals surface area contributed by atoms with Gasteiger partial charge in [0, 0.05) is 38.1 Å². The zero-order chi connectivity index (χ0) is 30.8. The average molecular weight is 593 g/mol. The van der Waals surface area contributed by atoms with Crippen LogP contribution >= 0.6 is 0 Å². The van der Waals surface area contributed by atoms with Crippen molar-refractivity contribution in [2.24, 2.45) is 5.41 Å². The van der Waals surface area contributed by atoms with Crippen molar-refractivity contribution in [2.45, 2.75) is 76.4 Å². The second-order valence-corrected chi connectivity index (χ2v) is 13.3. The van der Waals surface area contributed by atoms with E-state index in [4.69, 9.17) is 14.2 Å². The third-order valence-corrected chi connectivity index (χ3v) is 9.29. The molecule has 2 aliphatic carbocycles. The molecule has 2 aromatic rings. The van der Waals surface area contributed by atoms with Gasteiger partial charge in [0.15, 0.2) is 0 Å². The Hall–Kier alpha value is -3.59. The summed E-state index contributed by atoms with van der Waals surface area (Å²) in [7, 11) is 1.63. The molecule has 1 heterocycles. The summed E-state index contributed by atoms with van der Waals surface area (Å²) in [5.74, 6) is -1.23. The van der Waals surface area contributed by atoms with E-state index in [1.54, 1.807) is 32.8 Å². The van der Waals surface area contributed by atoms with Crippen LogP contribution in [-0.2, 0) is 19.0 Å². The number of ether oxygens (including phenoxy) is 3. The van der Waals surface area contributed by atoms with E-state index in [2.05, 4.69) is 24.3 Å². The predicted octanol–water partition coefficient (Wildman–Crippen LogP) is 6.30. The quantitative estimate of drug-likeness (QED) is 0.384. The minimum Gasteiger partial charge on any atom is -0.479 e. The maximum Gasteiger partial charge on any atom is 0.410 e. The summed E-state index contributed by atoms with van der Waals surface area (Å²) in [5, 5.41) is 10.8. The molecule has 5 rings (SSSR count). The fraction of sp³-hybridized carbons (Fsp3) is 0.559. The van der Waals surface area contributed by atoms with Gasteiger partial charge in [-0.05, 0) is 75.1 Å². The van der Waals surface area contributed by atoms with Crippen LogP contribution in [0.15, 0.2) is 48.5 Å². The van der Waals surface area contributed by atoms with E-state index in [0.29, 0.717) is 19.6 Å². The average Bonchev–Trinajstić information content (AvgIpc) is 3.08. The SMILES string of the molecule is COCC1(CN(C(=O)OCC2c3ccccc3-c3ccccc32)C2(C(=O)O)CCCN(C(=O)OC(C)(C)C)CC2)CCC1. The molecule has 1 saturated heterocycles. The molecule has 1 N–H and O–H groups in total. The van der Waals surface area contributed by atoms with Crippen molar-refractivity contribution in [1.29, 1.82) is 0 Å². The molecule has 1 unspecified atom stereocenters. The molecule has 1 aliphatic heterocycles. The lowest BCUT2D eigenvalue weighted by Gasteiger charge is -2.49. The Morgan fingerprint density at radius 3 is 2.09 bits per heavy atom. The van der Waals surface area contributed by atoms with Crippen LogP contribution in [0, 0.1) is 5.41 Å². The number of likely N-dealkylation sites (tertiary alicyclic amines) is 1. The molecular weight excluding hydrogens is 548 g/mol. The number of benzene rings is 2. The molecule has 0 aromatic heterocycles. The van der Waals surface area contributed by atoms with Crippen LogP contribution in [-0.4, -0.2) is 84.2 Å². The van der Waals surface area contributed by atoms with Gasteiger partial charge in [0.25, 0.3) is 0 Å². The van der Waals surface area contributed by atoms with Gasteiger partial charge < -0.3 is 24.2 Å². The Labute approximate surface area is 254 Å². The highest BCUT2D eigenvalue weighted by Crippen LogP contribution is 2.46. The molecule has 232 valence electrons. The van der Waals surface area contributed by atoms with E-state index in [0.717, 1.165) is 41.5 Å². The van der Waals surface area contributed by atoms with Crippen molar-refractivity contribution >= 4 is 18.2 Å². The van der Waals surface area contributed by atoms with Gasteiger partial charge in [-0.25, -0.2) is 14.4 Å². The van der Waals surface area contributed by atoms with Gasteiger partial charge in [-0.15, -0.1) is 0 Å². The third kappa shape index (κ3) is 6.23. The fourth-order valence-electron chi connectivity index (χ4n) is 6.96. The molecule has 2 amide bonds. The molecule has 0 bridgehead atoms. The van der Waals surface area contributed by atoms with Crippen LogP contribution in [0.3, 0.4) is 0 Å². The molecule has 1 atom stereocenters. The number of carboxylic acid groups (broad SMARTS) is 1. The van der Waals surface area contributed by atoms with Crippen LogP contribution in [0.25, 0.3) is 11.1 Å². The molecule has 2 fully saturated rings. The lowest BCUT2D eigenvalue weighted by atomic mass is 9.68. The highest BCUT2D eigenvalue weighted by molar-refractivity contribution is 5.85. The predicted molar refractivity (Wildman–Crippen MR) is 162 cm³/mol. The molecule has 9 heteroatoms. The van der Waals surface area contributed by atoms with Crippen LogP contribution in [0.5, 0.6) is 0 Å². The number of hydrogen-bond donors (Lipinski definition) is 1. The zero-order valence-electron chi connectivity index (χ0n) is 25.8. The topological polar surface area (TPSA) is 106 Å². The van der Waals surface area contributed by atoms with E-state index in [1.807, 2.05) is 24.3 Å². The van der Waals surface area contributed by atoms with Crippen LogP contribution in [0.4, 0.5) is 9.59 Å². The minimum atomic E-state index is -1.53. The highest BCUT2D eigenvalue weighted by Gasteiger charge is 2.52. The second-order valence-electron chi connectivity index (χ2n) is 13.3. The number of carboxylic acids is 1. The molecule has 0 radical (unpaired) electrons. The summed E-state index contributed by atoms with van der Waals surface area (Å²) in [5.41, 5.74) is 1.89. The third-order valence-electron chi connectivity index (χ3n) is 9.29. The van der Waals surface area contributed by atoms with Crippen LogP contribution in [0.1, 0.15) is 76.3 Å². The minimum absolute atomic E-state index is 0.0782. The van der Waals surface area contributed by atoms with Gasteiger partial charge in [-0.3, -0.25) is 4.90 Å². The normalized spacial score (nSPS) is 21.2. The fourth-order valence-corrected chi connectivity index (χ4v) is 6.96. The summed E-state index contributed by atoms with van der Waals surface area (Å²) < 4.78 is 17.2. The number of carbonyl (C=O) groups is 3. The van der Waals surface area contributed by atoms with Crippen LogP contribution in [0.2, 0.25) is 0 Å². The second kappa shape index (κ2) is 12.2. The first-order chi connectivity index (χ1) is 20.5. The molecule has 3 aliphatic rings. The first kappa shape index (κ1) is 30.9. The first-order valence-electron chi connectivity index (χ1n) is 15.3.